The molecule has 2 rings (SSSR count). The third-order valence-corrected chi connectivity index (χ3v) is 4.16. The summed E-state index contributed by atoms with van der Waals surface area (Å²) in [6.07, 6.45) is 3.67. The first-order valence-corrected chi connectivity index (χ1v) is 8.23. The van der Waals surface area contributed by atoms with Gasteiger partial charge in [0.15, 0.2) is 0 Å². The number of rotatable bonds is 3. The van der Waals surface area contributed by atoms with Gasteiger partial charge in [-0.3, -0.25) is 4.79 Å². The zero-order valence-corrected chi connectivity index (χ0v) is 15.1. The molecule has 1 aromatic heterocycles. The monoisotopic (exact) mass is 370 g/mol. The molecule has 0 aromatic carbocycles. The second kappa shape index (κ2) is 6.81. The van der Waals surface area contributed by atoms with E-state index in [1.165, 1.54) is 0 Å². The van der Waals surface area contributed by atoms with Gasteiger partial charge >= 0.3 is 0 Å². The lowest BCUT2D eigenvalue weighted by atomic mass is 9.94. The van der Waals surface area contributed by atoms with E-state index in [9.17, 15) is 4.79 Å². The van der Waals surface area contributed by atoms with Crippen LogP contribution in [0.5, 0.6) is 5.88 Å². The molecule has 2 heterocycles. The normalized spacial score (nSPS) is 19.0. The van der Waals surface area contributed by atoms with Gasteiger partial charge in [0.1, 0.15) is 0 Å². The molecule has 1 aromatic rings. The van der Waals surface area contributed by atoms with E-state index in [1.807, 2.05) is 20.8 Å². The molecule has 1 amide bonds. The molecule has 6 nitrogen and oxygen atoms in total. The van der Waals surface area contributed by atoms with Gasteiger partial charge in [0.2, 0.25) is 17.7 Å². The second-order valence-electron chi connectivity index (χ2n) is 6.54. The van der Waals surface area contributed by atoms with Crippen LogP contribution in [0.4, 0.5) is 5.95 Å². The number of nitrogens with one attached hydrogen (secondary N) is 1. The number of hydrogen-bond acceptors (Lipinski definition) is 5. The number of methoxy groups -OCH3 is 1. The number of amides is 1. The van der Waals surface area contributed by atoms with Crippen molar-refractivity contribution < 1.29 is 9.53 Å². The molecule has 0 spiro atoms. The van der Waals surface area contributed by atoms with Crippen molar-refractivity contribution in [3.8, 4) is 5.88 Å². The van der Waals surface area contributed by atoms with E-state index >= 15 is 0 Å². The van der Waals surface area contributed by atoms with Crippen molar-refractivity contribution in [3.05, 3.63) is 10.7 Å². The highest BCUT2D eigenvalue weighted by Crippen LogP contribution is 2.25. The quantitative estimate of drug-likeness (QED) is 0.884. The molecular formula is C15H23BrN4O2. The minimum Gasteiger partial charge on any atom is -0.480 e. The zero-order valence-electron chi connectivity index (χ0n) is 13.5. The molecule has 1 N–H and O–H groups in total. The first-order chi connectivity index (χ1) is 10.3. The van der Waals surface area contributed by atoms with Crippen LogP contribution in [-0.4, -0.2) is 42.1 Å². The highest BCUT2D eigenvalue weighted by atomic mass is 79.9. The Morgan fingerprint density at radius 3 is 2.86 bits per heavy atom. The molecule has 0 aliphatic carbocycles. The van der Waals surface area contributed by atoms with Gasteiger partial charge in [0.05, 0.1) is 17.8 Å². The van der Waals surface area contributed by atoms with Crippen molar-refractivity contribution in [1.29, 1.82) is 0 Å². The number of nitrogens with zero attached hydrogens (tertiary/aromatic N) is 3. The topological polar surface area (TPSA) is 67.3 Å². The molecule has 1 aliphatic rings. The Morgan fingerprint density at radius 1 is 1.50 bits per heavy atom. The highest BCUT2D eigenvalue weighted by molar-refractivity contribution is 9.10. The van der Waals surface area contributed by atoms with Gasteiger partial charge < -0.3 is 15.0 Å². The first kappa shape index (κ1) is 17.0. The maximum atomic E-state index is 12.1. The molecule has 0 saturated carbocycles. The minimum atomic E-state index is -0.375. The predicted molar refractivity (Wildman–Crippen MR) is 89.1 cm³/mol. The third kappa shape index (κ3) is 4.09. The fourth-order valence-electron chi connectivity index (χ4n) is 2.32. The molecule has 0 radical (unpaired) electrons. The maximum Gasteiger partial charge on any atom is 0.232 e. The van der Waals surface area contributed by atoms with Crippen molar-refractivity contribution in [2.24, 2.45) is 5.41 Å². The molecular weight excluding hydrogens is 348 g/mol. The van der Waals surface area contributed by atoms with Crippen LogP contribution in [0.3, 0.4) is 0 Å². The Bertz CT molecular complexity index is 545. The van der Waals surface area contributed by atoms with Crippen molar-refractivity contribution >= 4 is 27.8 Å². The van der Waals surface area contributed by atoms with E-state index in [-0.39, 0.29) is 17.4 Å². The summed E-state index contributed by atoms with van der Waals surface area (Å²) >= 11 is 3.36. The van der Waals surface area contributed by atoms with Gasteiger partial charge in [-0.2, -0.15) is 4.98 Å². The summed E-state index contributed by atoms with van der Waals surface area (Å²) in [7, 11) is 1.58. The molecule has 1 unspecified atom stereocenters. The lowest BCUT2D eigenvalue weighted by Gasteiger charge is -2.34. The molecule has 1 fully saturated rings. The van der Waals surface area contributed by atoms with E-state index in [2.05, 4.69) is 36.1 Å². The number of piperidine rings is 1. The maximum absolute atomic E-state index is 12.1. The highest BCUT2D eigenvalue weighted by Gasteiger charge is 2.28. The predicted octanol–water partition coefficient (Wildman–Crippen LogP) is 2.38. The summed E-state index contributed by atoms with van der Waals surface area (Å²) in [6, 6.07) is 0.124. The fourth-order valence-corrected chi connectivity index (χ4v) is 2.67. The summed E-state index contributed by atoms with van der Waals surface area (Å²) < 4.78 is 5.95. The smallest absolute Gasteiger partial charge is 0.232 e. The SMILES string of the molecule is COc1nc(N2CCCC(NC(=O)C(C)(C)C)C2)ncc1Br. The molecule has 122 valence electrons. The molecule has 1 aliphatic heterocycles. The van der Waals surface area contributed by atoms with Crippen LogP contribution >= 0.6 is 15.9 Å². The number of carbonyl (C=O) groups is 1. The number of anilines is 1. The van der Waals surface area contributed by atoms with Crippen LogP contribution in [0.15, 0.2) is 10.7 Å². The Labute approximate surface area is 139 Å². The van der Waals surface area contributed by atoms with Gasteiger partial charge in [-0.15, -0.1) is 0 Å². The van der Waals surface area contributed by atoms with Gasteiger partial charge in [0.25, 0.3) is 0 Å². The van der Waals surface area contributed by atoms with E-state index in [0.717, 1.165) is 23.9 Å². The molecule has 1 saturated heterocycles. The number of aromatic nitrogens is 2. The summed E-state index contributed by atoms with van der Waals surface area (Å²) in [5.41, 5.74) is -0.375. The van der Waals surface area contributed by atoms with Crippen LogP contribution in [0.2, 0.25) is 0 Å². The largest absolute Gasteiger partial charge is 0.480 e. The average Bonchev–Trinajstić information content (AvgIpc) is 2.47. The summed E-state index contributed by atoms with van der Waals surface area (Å²) in [6.45, 7) is 7.36. The van der Waals surface area contributed by atoms with E-state index in [4.69, 9.17) is 4.74 Å². The van der Waals surface area contributed by atoms with Crippen LogP contribution in [0.1, 0.15) is 33.6 Å². The first-order valence-electron chi connectivity index (χ1n) is 7.43. The number of carbonyl (C=O) groups excluding carboxylic acids is 1. The number of ether oxygens (including phenoxy) is 1. The standard InChI is InChI=1S/C15H23BrN4O2/c1-15(2,3)13(21)18-10-6-5-7-20(9-10)14-17-8-11(16)12(19-14)22-4/h8,10H,5-7,9H2,1-4H3,(H,18,21). The Balaban J connectivity index is 2.06. The van der Waals surface area contributed by atoms with Crippen molar-refractivity contribution in [1.82, 2.24) is 15.3 Å². The summed E-state index contributed by atoms with van der Waals surface area (Å²) in [4.78, 5) is 23.0. The summed E-state index contributed by atoms with van der Waals surface area (Å²) in [5.74, 6) is 1.23. The van der Waals surface area contributed by atoms with Crippen LogP contribution in [-0.2, 0) is 4.79 Å². The second-order valence-corrected chi connectivity index (χ2v) is 7.39. The Hall–Kier alpha value is -1.37. The Kier molecular flexibility index (Phi) is 5.26. The van der Waals surface area contributed by atoms with Gasteiger partial charge in [-0.1, -0.05) is 20.8 Å². The Morgan fingerprint density at radius 2 is 2.23 bits per heavy atom. The molecule has 0 bridgehead atoms. The van der Waals surface area contributed by atoms with Crippen molar-refractivity contribution in [2.75, 3.05) is 25.1 Å². The fraction of sp³-hybridized carbons (Fsp3) is 0.667. The third-order valence-electron chi connectivity index (χ3n) is 3.61. The van der Waals surface area contributed by atoms with Crippen molar-refractivity contribution in [2.45, 2.75) is 39.7 Å². The molecule has 1 atom stereocenters. The van der Waals surface area contributed by atoms with Gasteiger partial charge in [0, 0.05) is 24.5 Å². The summed E-state index contributed by atoms with van der Waals surface area (Å²) in [5, 5.41) is 3.12. The zero-order chi connectivity index (χ0) is 16.3. The van der Waals surface area contributed by atoms with E-state index < -0.39 is 0 Å². The molecule has 22 heavy (non-hydrogen) atoms. The van der Waals surface area contributed by atoms with Crippen LogP contribution in [0.25, 0.3) is 0 Å². The lowest BCUT2D eigenvalue weighted by molar-refractivity contribution is -0.129. The number of halogens is 1. The van der Waals surface area contributed by atoms with E-state index in [1.54, 1.807) is 13.3 Å². The van der Waals surface area contributed by atoms with Gasteiger partial charge in [-0.05, 0) is 28.8 Å². The average molecular weight is 371 g/mol. The van der Waals surface area contributed by atoms with Crippen LogP contribution in [0, 0.1) is 5.41 Å². The van der Waals surface area contributed by atoms with Gasteiger partial charge in [-0.25, -0.2) is 4.98 Å². The lowest BCUT2D eigenvalue weighted by Crippen LogP contribution is -2.50. The molecule has 7 heteroatoms. The van der Waals surface area contributed by atoms with Crippen LogP contribution < -0.4 is 15.0 Å². The number of hydrogen-bond donors (Lipinski definition) is 1. The minimum absolute atomic E-state index is 0.0775. The van der Waals surface area contributed by atoms with E-state index in [0.29, 0.717) is 18.4 Å². The van der Waals surface area contributed by atoms with Crippen molar-refractivity contribution in [3.63, 3.8) is 0 Å².